The van der Waals surface area contributed by atoms with Gasteiger partial charge in [-0.25, -0.2) is 9.59 Å². The maximum absolute atomic E-state index is 12.1. The largest absolute Gasteiger partial charge is 0.450 e. The Kier molecular flexibility index (Phi) is 6.46. The molecule has 1 heterocycles. The van der Waals surface area contributed by atoms with Gasteiger partial charge in [-0.05, 0) is 44.7 Å². The first-order chi connectivity index (χ1) is 11.5. The van der Waals surface area contributed by atoms with Crippen LogP contribution in [0.2, 0.25) is 0 Å². The predicted octanol–water partition coefficient (Wildman–Crippen LogP) is 2.72. The van der Waals surface area contributed by atoms with Crippen molar-refractivity contribution in [1.29, 1.82) is 0 Å². The number of hydrogen-bond acceptors (Lipinski definition) is 3. The Morgan fingerprint density at radius 3 is 2.58 bits per heavy atom. The Labute approximate surface area is 143 Å². The minimum atomic E-state index is -0.268. The molecule has 1 aromatic carbocycles. The molecule has 2 N–H and O–H groups in total. The van der Waals surface area contributed by atoms with E-state index in [0.717, 1.165) is 18.4 Å². The standard InChI is InChI=1S/C18H27N3O3/c1-4-24-18(23)21-9-7-16(8-10-21)20-17(22)19-12-15-6-5-13(2)11-14(15)3/h5-6,11,16H,4,7-10,12H2,1-3H3,(H2,19,20,22). The maximum atomic E-state index is 12.1. The third kappa shape index (κ3) is 5.15. The molecule has 0 bridgehead atoms. The van der Waals surface area contributed by atoms with Crippen molar-refractivity contribution in [3.8, 4) is 0 Å². The number of carbonyl (C=O) groups excluding carboxylic acids is 2. The van der Waals surface area contributed by atoms with Gasteiger partial charge in [0.2, 0.25) is 0 Å². The van der Waals surface area contributed by atoms with Gasteiger partial charge in [-0.1, -0.05) is 23.8 Å². The molecule has 0 unspecified atom stereocenters. The highest BCUT2D eigenvalue weighted by atomic mass is 16.6. The smallest absolute Gasteiger partial charge is 0.409 e. The molecule has 0 radical (unpaired) electrons. The summed E-state index contributed by atoms with van der Waals surface area (Å²) in [4.78, 5) is 25.4. The van der Waals surface area contributed by atoms with Gasteiger partial charge < -0.3 is 20.3 Å². The van der Waals surface area contributed by atoms with E-state index in [2.05, 4.69) is 23.6 Å². The molecule has 3 amide bonds. The summed E-state index contributed by atoms with van der Waals surface area (Å²) in [5.74, 6) is 0. The van der Waals surface area contributed by atoms with Crippen LogP contribution in [0, 0.1) is 13.8 Å². The zero-order chi connectivity index (χ0) is 17.5. The zero-order valence-corrected chi connectivity index (χ0v) is 14.7. The summed E-state index contributed by atoms with van der Waals surface area (Å²) in [6.45, 7) is 8.03. The number of urea groups is 1. The van der Waals surface area contributed by atoms with Gasteiger partial charge >= 0.3 is 12.1 Å². The number of nitrogens with zero attached hydrogens (tertiary/aromatic N) is 1. The van der Waals surface area contributed by atoms with Crippen molar-refractivity contribution in [2.24, 2.45) is 0 Å². The number of rotatable bonds is 4. The number of nitrogens with one attached hydrogen (secondary N) is 2. The molecule has 1 aromatic rings. The van der Waals surface area contributed by atoms with E-state index in [1.165, 1.54) is 11.1 Å². The summed E-state index contributed by atoms with van der Waals surface area (Å²) in [5.41, 5.74) is 3.51. The lowest BCUT2D eigenvalue weighted by Gasteiger charge is -2.31. The Morgan fingerprint density at radius 1 is 1.25 bits per heavy atom. The Hall–Kier alpha value is -2.24. The molecular weight excluding hydrogens is 306 g/mol. The summed E-state index contributed by atoms with van der Waals surface area (Å²) in [5, 5.41) is 5.89. The number of amides is 3. The average Bonchev–Trinajstić information content (AvgIpc) is 2.55. The van der Waals surface area contributed by atoms with E-state index in [9.17, 15) is 9.59 Å². The molecule has 0 atom stereocenters. The molecule has 1 aliphatic rings. The molecule has 0 spiro atoms. The van der Waals surface area contributed by atoms with E-state index >= 15 is 0 Å². The first kappa shape index (κ1) is 18.1. The molecule has 2 rings (SSSR count). The van der Waals surface area contributed by atoms with E-state index in [1.54, 1.807) is 11.8 Å². The topological polar surface area (TPSA) is 70.7 Å². The molecule has 0 saturated carbocycles. The van der Waals surface area contributed by atoms with Crippen molar-refractivity contribution in [2.75, 3.05) is 19.7 Å². The van der Waals surface area contributed by atoms with Gasteiger partial charge in [-0.3, -0.25) is 0 Å². The van der Waals surface area contributed by atoms with Crippen molar-refractivity contribution >= 4 is 12.1 Å². The molecule has 24 heavy (non-hydrogen) atoms. The lowest BCUT2D eigenvalue weighted by molar-refractivity contribution is 0.0957. The minimum absolute atomic E-state index is 0.0924. The van der Waals surface area contributed by atoms with Crippen molar-refractivity contribution < 1.29 is 14.3 Å². The van der Waals surface area contributed by atoms with Crippen LogP contribution in [-0.4, -0.2) is 42.8 Å². The van der Waals surface area contributed by atoms with E-state index in [0.29, 0.717) is 26.2 Å². The van der Waals surface area contributed by atoms with Crippen LogP contribution in [0.4, 0.5) is 9.59 Å². The number of piperidine rings is 1. The Balaban J connectivity index is 1.73. The normalized spacial score (nSPS) is 15.0. The third-order valence-electron chi connectivity index (χ3n) is 4.29. The second kappa shape index (κ2) is 8.57. The molecule has 0 aliphatic carbocycles. The molecule has 1 saturated heterocycles. The lowest BCUT2D eigenvalue weighted by atomic mass is 10.1. The third-order valence-corrected chi connectivity index (χ3v) is 4.29. The highest BCUT2D eigenvalue weighted by molar-refractivity contribution is 5.74. The SMILES string of the molecule is CCOC(=O)N1CCC(NC(=O)NCc2ccc(C)cc2C)CC1. The van der Waals surface area contributed by atoms with Crippen LogP contribution in [0.1, 0.15) is 36.5 Å². The fourth-order valence-electron chi connectivity index (χ4n) is 2.88. The van der Waals surface area contributed by atoms with Crippen molar-refractivity contribution in [1.82, 2.24) is 15.5 Å². The highest BCUT2D eigenvalue weighted by Crippen LogP contribution is 2.12. The Bertz CT molecular complexity index is 581. The molecule has 1 aliphatic heterocycles. The van der Waals surface area contributed by atoms with Gasteiger partial charge in [0.1, 0.15) is 0 Å². The minimum Gasteiger partial charge on any atom is -0.450 e. The molecule has 6 heteroatoms. The van der Waals surface area contributed by atoms with Crippen LogP contribution in [0.5, 0.6) is 0 Å². The fourth-order valence-corrected chi connectivity index (χ4v) is 2.88. The van der Waals surface area contributed by atoms with Gasteiger partial charge in [0, 0.05) is 25.7 Å². The molecule has 1 fully saturated rings. The first-order valence-corrected chi connectivity index (χ1v) is 8.51. The van der Waals surface area contributed by atoms with E-state index < -0.39 is 0 Å². The van der Waals surface area contributed by atoms with Crippen molar-refractivity contribution in [2.45, 2.75) is 46.2 Å². The van der Waals surface area contributed by atoms with Crippen molar-refractivity contribution in [3.05, 3.63) is 34.9 Å². The van der Waals surface area contributed by atoms with Gasteiger partial charge in [-0.2, -0.15) is 0 Å². The summed E-state index contributed by atoms with van der Waals surface area (Å²) >= 11 is 0. The average molecular weight is 333 g/mol. The quantitative estimate of drug-likeness (QED) is 0.890. The first-order valence-electron chi connectivity index (χ1n) is 8.51. The highest BCUT2D eigenvalue weighted by Gasteiger charge is 2.24. The van der Waals surface area contributed by atoms with Gasteiger partial charge in [0.15, 0.2) is 0 Å². The lowest BCUT2D eigenvalue weighted by Crippen LogP contribution is -2.49. The molecule has 0 aromatic heterocycles. The van der Waals surface area contributed by atoms with E-state index in [1.807, 2.05) is 19.1 Å². The number of benzene rings is 1. The van der Waals surface area contributed by atoms with Crippen LogP contribution in [0.3, 0.4) is 0 Å². The summed E-state index contributed by atoms with van der Waals surface area (Å²) in [6, 6.07) is 6.13. The van der Waals surface area contributed by atoms with Gasteiger partial charge in [0.05, 0.1) is 6.61 Å². The summed E-state index contributed by atoms with van der Waals surface area (Å²) in [7, 11) is 0. The van der Waals surface area contributed by atoms with Gasteiger partial charge in [-0.15, -0.1) is 0 Å². The number of likely N-dealkylation sites (tertiary alicyclic amines) is 1. The van der Waals surface area contributed by atoms with Crippen LogP contribution in [0.15, 0.2) is 18.2 Å². The van der Waals surface area contributed by atoms with Crippen LogP contribution >= 0.6 is 0 Å². The van der Waals surface area contributed by atoms with Gasteiger partial charge in [0.25, 0.3) is 0 Å². The molecular formula is C18H27N3O3. The number of hydrogen-bond donors (Lipinski definition) is 2. The second-order valence-corrected chi connectivity index (χ2v) is 6.22. The molecule has 6 nitrogen and oxygen atoms in total. The van der Waals surface area contributed by atoms with Crippen molar-refractivity contribution in [3.63, 3.8) is 0 Å². The van der Waals surface area contributed by atoms with E-state index in [4.69, 9.17) is 4.74 Å². The number of carbonyl (C=O) groups is 2. The Morgan fingerprint density at radius 2 is 1.96 bits per heavy atom. The van der Waals surface area contributed by atoms with Crippen LogP contribution < -0.4 is 10.6 Å². The summed E-state index contributed by atoms with van der Waals surface area (Å²) < 4.78 is 4.99. The maximum Gasteiger partial charge on any atom is 0.409 e. The second-order valence-electron chi connectivity index (χ2n) is 6.22. The number of aryl methyl sites for hydroxylation is 2. The monoisotopic (exact) mass is 333 g/mol. The van der Waals surface area contributed by atoms with E-state index in [-0.39, 0.29) is 18.2 Å². The predicted molar refractivity (Wildman–Crippen MR) is 92.9 cm³/mol. The zero-order valence-electron chi connectivity index (χ0n) is 14.7. The van der Waals surface area contributed by atoms with Crippen LogP contribution in [0.25, 0.3) is 0 Å². The number of ether oxygens (including phenoxy) is 1. The summed E-state index contributed by atoms with van der Waals surface area (Å²) in [6.07, 6.45) is 1.22. The molecule has 132 valence electrons. The fraction of sp³-hybridized carbons (Fsp3) is 0.556. The van der Waals surface area contributed by atoms with Crippen LogP contribution in [-0.2, 0) is 11.3 Å².